The Hall–Kier alpha value is -1.10. The number of likely N-dealkylation sites (N-methyl/N-ethyl adjacent to an activating group) is 1. The molecule has 0 aliphatic heterocycles. The molecule has 2 aromatic rings. The standard InChI is InChI=1S/C16H16BrClFNO/c1-20-14(10-6-7-13(18)12(17)8-10)9-11-4-3-5-15(21-2)16(11)19/h3-8,14,20H,9H2,1-2H3. The molecule has 21 heavy (non-hydrogen) atoms. The Morgan fingerprint density at radius 2 is 2.10 bits per heavy atom. The first-order valence-electron chi connectivity index (χ1n) is 6.50. The molecule has 0 amide bonds. The van der Waals surface area contributed by atoms with E-state index in [9.17, 15) is 4.39 Å². The van der Waals surface area contributed by atoms with Crippen LogP contribution in [0.2, 0.25) is 5.02 Å². The van der Waals surface area contributed by atoms with Gasteiger partial charge in [0.25, 0.3) is 0 Å². The third kappa shape index (κ3) is 3.76. The summed E-state index contributed by atoms with van der Waals surface area (Å²) < 4.78 is 20.1. The lowest BCUT2D eigenvalue weighted by atomic mass is 9.98. The molecule has 1 N–H and O–H groups in total. The Morgan fingerprint density at radius 1 is 1.33 bits per heavy atom. The van der Waals surface area contributed by atoms with Crippen molar-refractivity contribution in [3.63, 3.8) is 0 Å². The molecule has 0 saturated heterocycles. The predicted molar refractivity (Wildman–Crippen MR) is 87.6 cm³/mol. The van der Waals surface area contributed by atoms with E-state index in [1.165, 1.54) is 7.11 Å². The molecule has 1 atom stereocenters. The molecule has 0 radical (unpaired) electrons. The van der Waals surface area contributed by atoms with Gasteiger partial charge in [0.05, 0.1) is 12.1 Å². The molecule has 0 bridgehead atoms. The molecule has 0 spiro atoms. The molecule has 0 aromatic heterocycles. The third-order valence-electron chi connectivity index (χ3n) is 3.38. The monoisotopic (exact) mass is 371 g/mol. The summed E-state index contributed by atoms with van der Waals surface area (Å²) in [5.74, 6) is -0.0482. The van der Waals surface area contributed by atoms with Gasteiger partial charge in [-0.15, -0.1) is 0 Å². The fourth-order valence-electron chi connectivity index (χ4n) is 2.21. The van der Waals surface area contributed by atoms with Crippen LogP contribution in [-0.4, -0.2) is 14.2 Å². The largest absolute Gasteiger partial charge is 0.494 e. The smallest absolute Gasteiger partial charge is 0.168 e. The van der Waals surface area contributed by atoms with Crippen molar-refractivity contribution in [1.29, 1.82) is 0 Å². The van der Waals surface area contributed by atoms with Crippen molar-refractivity contribution in [2.45, 2.75) is 12.5 Å². The van der Waals surface area contributed by atoms with E-state index in [4.69, 9.17) is 16.3 Å². The van der Waals surface area contributed by atoms with Crippen LogP contribution < -0.4 is 10.1 Å². The molecule has 0 aliphatic rings. The minimum atomic E-state index is -0.312. The zero-order valence-electron chi connectivity index (χ0n) is 11.8. The van der Waals surface area contributed by atoms with Crippen LogP contribution >= 0.6 is 27.5 Å². The molecule has 2 aromatic carbocycles. The summed E-state index contributed by atoms with van der Waals surface area (Å²) in [4.78, 5) is 0. The summed E-state index contributed by atoms with van der Waals surface area (Å²) in [6.45, 7) is 0. The molecule has 0 saturated carbocycles. The number of hydrogen-bond acceptors (Lipinski definition) is 2. The summed E-state index contributed by atoms with van der Waals surface area (Å²) >= 11 is 9.42. The molecule has 112 valence electrons. The molecule has 5 heteroatoms. The lowest BCUT2D eigenvalue weighted by Gasteiger charge is -2.18. The summed E-state index contributed by atoms with van der Waals surface area (Å²) in [6.07, 6.45) is 0.521. The highest BCUT2D eigenvalue weighted by Crippen LogP contribution is 2.29. The van der Waals surface area contributed by atoms with Crippen molar-refractivity contribution in [3.8, 4) is 5.75 Å². The zero-order valence-corrected chi connectivity index (χ0v) is 14.1. The van der Waals surface area contributed by atoms with Gasteiger partial charge in [0.2, 0.25) is 0 Å². The second-order valence-electron chi connectivity index (χ2n) is 4.65. The maximum absolute atomic E-state index is 14.2. The van der Waals surface area contributed by atoms with E-state index < -0.39 is 0 Å². The predicted octanol–water partition coefficient (Wildman–Crippen LogP) is 4.75. The SMILES string of the molecule is CNC(Cc1cccc(OC)c1F)c1ccc(Cl)c(Br)c1. The van der Waals surface area contributed by atoms with Crippen molar-refractivity contribution in [2.24, 2.45) is 0 Å². The van der Waals surface area contributed by atoms with Crippen LogP contribution in [0, 0.1) is 5.82 Å². The second kappa shape index (κ2) is 7.25. The van der Waals surface area contributed by atoms with Crippen LogP contribution in [0.25, 0.3) is 0 Å². The third-order valence-corrected chi connectivity index (χ3v) is 4.60. The maximum Gasteiger partial charge on any atom is 0.168 e. The van der Waals surface area contributed by atoms with Crippen LogP contribution in [0.4, 0.5) is 4.39 Å². The van der Waals surface area contributed by atoms with Crippen LogP contribution in [-0.2, 0) is 6.42 Å². The van der Waals surface area contributed by atoms with Crippen molar-refractivity contribution >= 4 is 27.5 Å². The highest BCUT2D eigenvalue weighted by atomic mass is 79.9. The van der Waals surface area contributed by atoms with Gasteiger partial charge in [-0.1, -0.05) is 29.8 Å². The molecule has 0 aliphatic carbocycles. The van der Waals surface area contributed by atoms with E-state index in [0.29, 0.717) is 17.0 Å². The molecule has 2 rings (SSSR count). The van der Waals surface area contributed by atoms with E-state index in [1.807, 2.05) is 25.2 Å². The Kier molecular flexibility index (Phi) is 5.62. The van der Waals surface area contributed by atoms with E-state index >= 15 is 0 Å². The summed E-state index contributed by atoms with van der Waals surface area (Å²) in [5.41, 5.74) is 1.65. The van der Waals surface area contributed by atoms with Crippen LogP contribution in [0.3, 0.4) is 0 Å². The van der Waals surface area contributed by atoms with Gasteiger partial charge in [-0.05, 0) is 58.7 Å². The Balaban J connectivity index is 2.29. The Bertz CT molecular complexity index is 636. The van der Waals surface area contributed by atoms with E-state index in [2.05, 4.69) is 21.2 Å². The van der Waals surface area contributed by atoms with Gasteiger partial charge in [0.15, 0.2) is 11.6 Å². The normalized spacial score (nSPS) is 12.2. The highest BCUT2D eigenvalue weighted by Gasteiger charge is 2.16. The Labute approximate surface area is 137 Å². The zero-order chi connectivity index (χ0) is 15.4. The van der Waals surface area contributed by atoms with E-state index in [0.717, 1.165) is 10.0 Å². The minimum absolute atomic E-state index is 0.0137. The quantitative estimate of drug-likeness (QED) is 0.817. The van der Waals surface area contributed by atoms with Gasteiger partial charge in [0.1, 0.15) is 0 Å². The number of benzene rings is 2. The summed E-state index contributed by atoms with van der Waals surface area (Å²) in [6, 6.07) is 10.9. The van der Waals surface area contributed by atoms with Crippen LogP contribution in [0.15, 0.2) is 40.9 Å². The van der Waals surface area contributed by atoms with Gasteiger partial charge in [-0.2, -0.15) is 0 Å². The fraction of sp³-hybridized carbons (Fsp3) is 0.250. The molecule has 0 heterocycles. The minimum Gasteiger partial charge on any atom is -0.494 e. The van der Waals surface area contributed by atoms with Crippen molar-refractivity contribution in [2.75, 3.05) is 14.2 Å². The molecular formula is C16H16BrClFNO. The van der Waals surface area contributed by atoms with Gasteiger partial charge in [0, 0.05) is 10.5 Å². The summed E-state index contributed by atoms with van der Waals surface area (Å²) in [5, 5.41) is 3.86. The fourth-order valence-corrected chi connectivity index (χ4v) is 2.72. The van der Waals surface area contributed by atoms with E-state index in [-0.39, 0.29) is 17.6 Å². The number of rotatable bonds is 5. The van der Waals surface area contributed by atoms with Crippen LogP contribution in [0.1, 0.15) is 17.2 Å². The molecule has 2 nitrogen and oxygen atoms in total. The average molecular weight is 373 g/mol. The number of nitrogens with one attached hydrogen (secondary N) is 1. The van der Waals surface area contributed by atoms with Gasteiger partial charge in [-0.25, -0.2) is 4.39 Å². The first-order valence-corrected chi connectivity index (χ1v) is 7.67. The molecular weight excluding hydrogens is 357 g/mol. The van der Waals surface area contributed by atoms with Crippen molar-refractivity contribution < 1.29 is 9.13 Å². The number of methoxy groups -OCH3 is 1. The van der Waals surface area contributed by atoms with E-state index in [1.54, 1.807) is 18.2 Å². The molecule has 1 unspecified atom stereocenters. The van der Waals surface area contributed by atoms with Gasteiger partial charge < -0.3 is 10.1 Å². The first-order chi connectivity index (χ1) is 10.1. The second-order valence-corrected chi connectivity index (χ2v) is 5.91. The first kappa shape index (κ1) is 16.3. The lowest BCUT2D eigenvalue weighted by molar-refractivity contribution is 0.383. The summed E-state index contributed by atoms with van der Waals surface area (Å²) in [7, 11) is 3.32. The van der Waals surface area contributed by atoms with Gasteiger partial charge >= 0.3 is 0 Å². The topological polar surface area (TPSA) is 21.3 Å². The van der Waals surface area contributed by atoms with Gasteiger partial charge in [-0.3, -0.25) is 0 Å². The number of ether oxygens (including phenoxy) is 1. The maximum atomic E-state index is 14.2. The number of hydrogen-bond donors (Lipinski definition) is 1. The van der Waals surface area contributed by atoms with Crippen LogP contribution in [0.5, 0.6) is 5.75 Å². The van der Waals surface area contributed by atoms with Crippen molar-refractivity contribution in [1.82, 2.24) is 5.32 Å². The molecule has 0 fully saturated rings. The highest BCUT2D eigenvalue weighted by molar-refractivity contribution is 9.10. The average Bonchev–Trinajstić information content (AvgIpc) is 2.49. The lowest BCUT2D eigenvalue weighted by Crippen LogP contribution is -2.19. The van der Waals surface area contributed by atoms with Crippen molar-refractivity contribution in [3.05, 3.63) is 62.8 Å². The Morgan fingerprint density at radius 3 is 2.71 bits per heavy atom. The number of halogens is 3.